The highest BCUT2D eigenvalue weighted by atomic mass is 32.2. The van der Waals surface area contributed by atoms with Gasteiger partial charge < -0.3 is 14.4 Å². The summed E-state index contributed by atoms with van der Waals surface area (Å²) in [6.45, 7) is 6.21. The number of aromatic nitrogens is 4. The van der Waals surface area contributed by atoms with Gasteiger partial charge in [0.15, 0.2) is 5.65 Å². The molecule has 226 valence electrons. The van der Waals surface area contributed by atoms with Crippen molar-refractivity contribution in [2.45, 2.75) is 50.9 Å². The van der Waals surface area contributed by atoms with Crippen LogP contribution in [0, 0.1) is 12.7 Å². The van der Waals surface area contributed by atoms with Crippen molar-refractivity contribution in [1.29, 1.82) is 0 Å². The van der Waals surface area contributed by atoms with E-state index in [1.54, 1.807) is 16.7 Å². The highest BCUT2D eigenvalue weighted by molar-refractivity contribution is 7.99. The van der Waals surface area contributed by atoms with Crippen molar-refractivity contribution in [3.05, 3.63) is 95.3 Å². The van der Waals surface area contributed by atoms with Gasteiger partial charge in [-0.15, -0.1) is 10.2 Å². The summed E-state index contributed by atoms with van der Waals surface area (Å²) in [6, 6.07) is 22.2. The molecule has 6 rings (SSSR count). The molecule has 3 heterocycles. The first-order valence-corrected chi connectivity index (χ1v) is 16.0. The highest BCUT2D eigenvalue weighted by Crippen LogP contribution is 2.28. The average molecular weight is 611 g/mol. The maximum absolute atomic E-state index is 13.3. The molecule has 1 saturated heterocycles. The van der Waals surface area contributed by atoms with Crippen LogP contribution in [0.3, 0.4) is 0 Å². The number of piperazine rings is 1. The molecule has 8 nitrogen and oxygen atoms in total. The Kier molecular flexibility index (Phi) is 8.88. The van der Waals surface area contributed by atoms with Gasteiger partial charge in [0.05, 0.1) is 5.52 Å². The van der Waals surface area contributed by atoms with Crippen LogP contribution in [0.2, 0.25) is 0 Å². The fourth-order valence-electron chi connectivity index (χ4n) is 5.85. The summed E-state index contributed by atoms with van der Waals surface area (Å²) < 4.78 is 15.5. The first kappa shape index (κ1) is 29.7. The van der Waals surface area contributed by atoms with Crippen LogP contribution in [-0.4, -0.2) is 72.8 Å². The van der Waals surface area contributed by atoms with E-state index in [1.807, 2.05) is 24.0 Å². The van der Waals surface area contributed by atoms with Crippen LogP contribution in [0.4, 0.5) is 4.39 Å². The third-order valence-corrected chi connectivity index (χ3v) is 9.05. The number of nitrogens with zero attached hydrogens (tertiary/aromatic N) is 6. The predicted octanol–water partition coefficient (Wildman–Crippen LogP) is 6.11. The van der Waals surface area contributed by atoms with E-state index in [2.05, 4.69) is 58.1 Å². The Balaban J connectivity index is 1.02. The molecular weight excluding hydrogens is 575 g/mol. The number of aryl methyl sites for hydroxylation is 1. The summed E-state index contributed by atoms with van der Waals surface area (Å²) in [6.07, 6.45) is 2.07. The number of rotatable bonds is 9. The lowest BCUT2D eigenvalue weighted by atomic mass is 10.1. The second kappa shape index (κ2) is 13.1. The Morgan fingerprint density at radius 3 is 2.59 bits per heavy atom. The fraction of sp³-hybridized carbons (Fsp3) is 0.324. The molecular formula is C34H35FN6O2S. The lowest BCUT2D eigenvalue weighted by Crippen LogP contribution is -2.55. The molecule has 0 aliphatic carbocycles. The van der Waals surface area contributed by atoms with Gasteiger partial charge in [-0.3, -0.25) is 9.59 Å². The second-order valence-corrected chi connectivity index (χ2v) is 12.4. The van der Waals surface area contributed by atoms with Crippen molar-refractivity contribution >= 4 is 45.6 Å². The number of para-hydroxylation sites is 1. The summed E-state index contributed by atoms with van der Waals surface area (Å²) in [5, 5.41) is 10.7. The van der Waals surface area contributed by atoms with Gasteiger partial charge in [0, 0.05) is 55.3 Å². The molecule has 44 heavy (non-hydrogen) atoms. The van der Waals surface area contributed by atoms with Gasteiger partial charge in [-0.1, -0.05) is 59.8 Å². The van der Waals surface area contributed by atoms with Crippen molar-refractivity contribution in [3.8, 4) is 0 Å². The Bertz CT molecular complexity index is 1810. The fourth-order valence-corrected chi connectivity index (χ4v) is 6.63. The number of unbranched alkanes of at least 4 members (excludes halogenated alkanes) is 1. The summed E-state index contributed by atoms with van der Waals surface area (Å²) in [5.41, 5.74) is 5.60. The van der Waals surface area contributed by atoms with E-state index in [1.165, 1.54) is 35.4 Å². The minimum atomic E-state index is -0.369. The third kappa shape index (κ3) is 6.45. The van der Waals surface area contributed by atoms with Crippen LogP contribution < -0.4 is 0 Å². The van der Waals surface area contributed by atoms with Crippen molar-refractivity contribution in [2.24, 2.45) is 0 Å². The van der Waals surface area contributed by atoms with Gasteiger partial charge in [-0.05, 0) is 62.6 Å². The monoisotopic (exact) mass is 610 g/mol. The molecule has 2 aromatic heterocycles. The van der Waals surface area contributed by atoms with Crippen LogP contribution in [-0.2, 0) is 11.3 Å². The van der Waals surface area contributed by atoms with E-state index in [0.717, 1.165) is 40.7 Å². The van der Waals surface area contributed by atoms with Crippen LogP contribution in [0.25, 0.3) is 22.1 Å². The average Bonchev–Trinajstić information content (AvgIpc) is 3.33. The predicted molar refractivity (Wildman–Crippen MR) is 171 cm³/mol. The third-order valence-electron chi connectivity index (χ3n) is 8.13. The number of halogens is 1. The van der Waals surface area contributed by atoms with Gasteiger partial charge in [0.25, 0.3) is 5.91 Å². The Morgan fingerprint density at radius 2 is 1.80 bits per heavy atom. The molecule has 2 amide bonds. The minimum Gasteiger partial charge on any atom is -0.339 e. The second-order valence-electron chi connectivity index (χ2n) is 11.4. The molecule has 3 aromatic carbocycles. The van der Waals surface area contributed by atoms with Crippen LogP contribution >= 0.6 is 11.8 Å². The number of hydrogen-bond donors (Lipinski definition) is 0. The van der Waals surface area contributed by atoms with Crippen molar-refractivity contribution < 1.29 is 14.0 Å². The standard InChI is InChI=1S/C34H35FN6O2S/c1-23-8-7-9-25(20-23)22-41-29-11-4-3-10-28(29)31-32(41)36-34(38-37-31)44-19-6-5-12-30(42)39-17-18-40(24(2)21-39)33(43)26-13-15-27(35)16-14-26/h3-4,7-11,13-16,20,24H,5-6,12,17-19,21-22H2,1-2H3. The molecule has 1 aliphatic rings. The quantitative estimate of drug-likeness (QED) is 0.148. The Hall–Kier alpha value is -4.31. The van der Waals surface area contributed by atoms with Crippen molar-refractivity contribution in [2.75, 3.05) is 25.4 Å². The first-order chi connectivity index (χ1) is 21.4. The van der Waals surface area contributed by atoms with Crippen molar-refractivity contribution in [3.63, 3.8) is 0 Å². The maximum atomic E-state index is 13.3. The molecule has 0 N–H and O–H groups in total. The summed E-state index contributed by atoms with van der Waals surface area (Å²) in [4.78, 5) is 34.3. The number of carbonyl (C=O) groups excluding carboxylic acids is 2. The lowest BCUT2D eigenvalue weighted by Gasteiger charge is -2.40. The van der Waals surface area contributed by atoms with E-state index in [9.17, 15) is 14.0 Å². The van der Waals surface area contributed by atoms with Gasteiger partial charge in [-0.25, -0.2) is 9.37 Å². The van der Waals surface area contributed by atoms with Crippen LogP contribution in [0.1, 0.15) is 47.7 Å². The minimum absolute atomic E-state index is 0.107. The molecule has 5 aromatic rings. The zero-order valence-electron chi connectivity index (χ0n) is 24.9. The normalized spacial score (nSPS) is 15.3. The number of fused-ring (bicyclic) bond motifs is 3. The molecule has 0 radical (unpaired) electrons. The summed E-state index contributed by atoms with van der Waals surface area (Å²) >= 11 is 1.56. The van der Waals surface area contributed by atoms with Crippen molar-refractivity contribution in [1.82, 2.24) is 29.5 Å². The topological polar surface area (TPSA) is 84.2 Å². The van der Waals surface area contributed by atoms with Crippen LogP contribution in [0.15, 0.2) is 78.0 Å². The Labute approximate surface area is 260 Å². The number of carbonyl (C=O) groups is 2. The zero-order valence-corrected chi connectivity index (χ0v) is 25.8. The summed E-state index contributed by atoms with van der Waals surface area (Å²) in [7, 11) is 0. The Morgan fingerprint density at radius 1 is 0.977 bits per heavy atom. The number of amides is 2. The van der Waals surface area contributed by atoms with Gasteiger partial charge in [0.2, 0.25) is 11.1 Å². The molecule has 0 bridgehead atoms. The maximum Gasteiger partial charge on any atom is 0.254 e. The first-order valence-electron chi connectivity index (χ1n) is 15.0. The zero-order chi connectivity index (χ0) is 30.6. The number of benzene rings is 3. The van der Waals surface area contributed by atoms with E-state index in [-0.39, 0.29) is 23.7 Å². The van der Waals surface area contributed by atoms with E-state index >= 15 is 0 Å². The molecule has 0 spiro atoms. The lowest BCUT2D eigenvalue weighted by molar-refractivity contribution is -0.133. The molecule has 1 unspecified atom stereocenters. The van der Waals surface area contributed by atoms with Gasteiger partial charge in [-0.2, -0.15) is 0 Å². The molecule has 1 atom stereocenters. The van der Waals surface area contributed by atoms with Crippen LogP contribution in [0.5, 0.6) is 0 Å². The smallest absolute Gasteiger partial charge is 0.254 e. The van der Waals surface area contributed by atoms with E-state index in [4.69, 9.17) is 4.98 Å². The van der Waals surface area contributed by atoms with Gasteiger partial charge in [0.1, 0.15) is 11.3 Å². The molecule has 1 fully saturated rings. The molecule has 1 aliphatic heterocycles. The highest BCUT2D eigenvalue weighted by Gasteiger charge is 2.30. The SMILES string of the molecule is Cc1cccc(Cn2c3ccccc3c3nnc(SCCCCC(=O)N4CCN(C(=O)c5ccc(F)cc5)C(C)C4)nc32)c1. The van der Waals surface area contributed by atoms with E-state index < -0.39 is 0 Å². The number of hydrogen-bond acceptors (Lipinski definition) is 6. The molecule has 0 saturated carbocycles. The summed E-state index contributed by atoms with van der Waals surface area (Å²) in [5.74, 6) is 0.392. The molecule has 10 heteroatoms. The van der Waals surface area contributed by atoms with Gasteiger partial charge >= 0.3 is 0 Å². The van der Waals surface area contributed by atoms with E-state index in [0.29, 0.717) is 43.3 Å². The number of thioether (sulfide) groups is 1. The largest absolute Gasteiger partial charge is 0.339 e.